The molecule has 1 saturated heterocycles. The van der Waals surface area contributed by atoms with E-state index in [9.17, 15) is 4.39 Å². The van der Waals surface area contributed by atoms with Crippen LogP contribution in [-0.2, 0) is 19.6 Å². The maximum Gasteiger partial charge on any atom is 0.165 e. The zero-order valence-corrected chi connectivity index (χ0v) is 15.9. The molecule has 0 bridgehead atoms. The zero-order valence-electron chi connectivity index (χ0n) is 15.1. The maximum atomic E-state index is 14.0. The molecule has 9 heteroatoms. The Kier molecular flexibility index (Phi) is 6.08. The van der Waals surface area contributed by atoms with Crippen molar-refractivity contribution < 1.29 is 4.39 Å². The molecule has 25 heavy (non-hydrogen) atoms. The molecule has 0 aromatic carbocycles. The molecule has 0 radical (unpaired) electrons. The van der Waals surface area contributed by atoms with Crippen LogP contribution in [-0.4, -0.2) is 67.3 Å². The third kappa shape index (κ3) is 4.80. The number of aryl methyl sites for hydroxylation is 2. The van der Waals surface area contributed by atoms with Gasteiger partial charge in [-0.3, -0.25) is 9.80 Å². The van der Waals surface area contributed by atoms with Crippen molar-refractivity contribution in [3.05, 3.63) is 21.9 Å². The smallest absolute Gasteiger partial charge is 0.165 e. The third-order valence-electron chi connectivity index (χ3n) is 4.48. The van der Waals surface area contributed by atoms with Crippen LogP contribution in [0.2, 0.25) is 0 Å². The molecule has 0 amide bonds. The molecule has 3 rings (SSSR count). The average Bonchev–Trinajstić information content (AvgIpc) is 3.23. The van der Waals surface area contributed by atoms with Gasteiger partial charge in [0.05, 0.1) is 17.2 Å². The summed E-state index contributed by atoms with van der Waals surface area (Å²) >= 11 is 1.65. The molecule has 0 spiro atoms. The summed E-state index contributed by atoms with van der Waals surface area (Å²) in [5, 5.41) is 15.0. The van der Waals surface area contributed by atoms with Crippen LogP contribution < -0.4 is 0 Å². The Morgan fingerprint density at radius 1 is 1.44 bits per heavy atom. The van der Waals surface area contributed by atoms with Crippen molar-refractivity contribution in [3.63, 3.8) is 0 Å². The Morgan fingerprint density at radius 3 is 3.00 bits per heavy atom. The summed E-state index contributed by atoms with van der Waals surface area (Å²) in [6.07, 6.45) is 0.811. The predicted octanol–water partition coefficient (Wildman–Crippen LogP) is 1.89. The van der Waals surface area contributed by atoms with Crippen molar-refractivity contribution >= 4 is 11.3 Å². The first-order valence-corrected chi connectivity index (χ1v) is 9.65. The number of nitrogens with zero attached hydrogens (tertiary/aromatic N) is 7. The standard InChI is InChI=1S/C16H26FN7S/c1-4-5-24-16(19-20-21-24)10-22(3)9-15-6-13(17)7-23(15)8-14-11-25-12(2)18-14/h11,13,15H,4-10H2,1-3H3/t13-,15-/m0/s1. The van der Waals surface area contributed by atoms with Crippen LogP contribution in [0.1, 0.15) is 36.3 Å². The Balaban J connectivity index is 1.58. The van der Waals surface area contributed by atoms with Gasteiger partial charge < -0.3 is 0 Å². The van der Waals surface area contributed by atoms with Crippen LogP contribution in [0.4, 0.5) is 4.39 Å². The molecule has 138 valence electrons. The first-order valence-electron chi connectivity index (χ1n) is 8.77. The van der Waals surface area contributed by atoms with Crippen LogP contribution in [0.25, 0.3) is 0 Å². The molecule has 1 fully saturated rings. The van der Waals surface area contributed by atoms with E-state index in [2.05, 4.69) is 42.6 Å². The highest BCUT2D eigenvalue weighted by Crippen LogP contribution is 2.24. The number of rotatable bonds is 8. The van der Waals surface area contributed by atoms with Gasteiger partial charge in [0, 0.05) is 37.6 Å². The number of hydrogen-bond donors (Lipinski definition) is 0. The maximum absolute atomic E-state index is 14.0. The lowest BCUT2D eigenvalue weighted by atomic mass is 10.2. The van der Waals surface area contributed by atoms with Gasteiger partial charge in [-0.1, -0.05) is 6.92 Å². The highest BCUT2D eigenvalue weighted by Gasteiger charge is 2.33. The lowest BCUT2D eigenvalue weighted by molar-refractivity contribution is 0.176. The second kappa shape index (κ2) is 8.29. The molecule has 0 N–H and O–H groups in total. The SMILES string of the molecule is CCCn1nnnc1CN(C)C[C@@H]1C[C@H](F)CN1Cc1csc(C)n1. The van der Waals surface area contributed by atoms with Crippen molar-refractivity contribution in [2.24, 2.45) is 0 Å². The molecule has 0 unspecified atom stereocenters. The van der Waals surface area contributed by atoms with E-state index in [1.165, 1.54) is 0 Å². The monoisotopic (exact) mass is 367 g/mol. The highest BCUT2D eigenvalue weighted by atomic mass is 32.1. The summed E-state index contributed by atoms with van der Waals surface area (Å²) in [4.78, 5) is 8.91. The lowest BCUT2D eigenvalue weighted by Crippen LogP contribution is -2.38. The van der Waals surface area contributed by atoms with E-state index in [0.29, 0.717) is 19.5 Å². The van der Waals surface area contributed by atoms with Crippen molar-refractivity contribution in [1.82, 2.24) is 35.0 Å². The quantitative estimate of drug-likeness (QED) is 0.710. The van der Waals surface area contributed by atoms with Crippen molar-refractivity contribution in [1.29, 1.82) is 0 Å². The van der Waals surface area contributed by atoms with Gasteiger partial charge >= 0.3 is 0 Å². The number of hydrogen-bond acceptors (Lipinski definition) is 7. The van der Waals surface area contributed by atoms with E-state index in [-0.39, 0.29) is 6.04 Å². The van der Waals surface area contributed by atoms with Crippen LogP contribution in [0.3, 0.4) is 0 Å². The normalized spacial score (nSPS) is 21.5. The molecule has 0 aliphatic carbocycles. The second-order valence-electron chi connectivity index (χ2n) is 6.79. The number of tetrazole rings is 1. The summed E-state index contributed by atoms with van der Waals surface area (Å²) in [6.45, 7) is 7.60. The summed E-state index contributed by atoms with van der Waals surface area (Å²) in [6, 6.07) is 0.192. The molecule has 2 atom stereocenters. The van der Waals surface area contributed by atoms with Gasteiger partial charge in [-0.15, -0.1) is 16.4 Å². The summed E-state index contributed by atoms with van der Waals surface area (Å²) in [5.41, 5.74) is 1.04. The number of likely N-dealkylation sites (tertiary alicyclic amines) is 1. The van der Waals surface area contributed by atoms with E-state index in [1.807, 2.05) is 18.7 Å². The molecule has 2 aromatic heterocycles. The van der Waals surface area contributed by atoms with Crippen LogP contribution in [0.5, 0.6) is 0 Å². The van der Waals surface area contributed by atoms with Crippen LogP contribution in [0, 0.1) is 6.92 Å². The minimum absolute atomic E-state index is 0.192. The van der Waals surface area contributed by atoms with Crippen molar-refractivity contribution in [2.45, 2.75) is 58.5 Å². The Labute approximate surface area is 151 Å². The third-order valence-corrected chi connectivity index (χ3v) is 5.31. The number of likely N-dealkylation sites (N-methyl/N-ethyl adjacent to an activating group) is 1. The minimum atomic E-state index is -0.761. The van der Waals surface area contributed by atoms with Gasteiger partial charge in [-0.25, -0.2) is 14.1 Å². The zero-order chi connectivity index (χ0) is 17.8. The minimum Gasteiger partial charge on any atom is -0.297 e. The number of halogens is 1. The van der Waals surface area contributed by atoms with Gasteiger partial charge in [0.1, 0.15) is 6.17 Å². The molecule has 0 saturated carbocycles. The van der Waals surface area contributed by atoms with Gasteiger partial charge in [-0.05, 0) is 37.2 Å². The summed E-state index contributed by atoms with van der Waals surface area (Å²) in [7, 11) is 2.04. The molecule has 3 heterocycles. The van der Waals surface area contributed by atoms with E-state index < -0.39 is 6.17 Å². The summed E-state index contributed by atoms with van der Waals surface area (Å²) in [5.74, 6) is 0.862. The number of aromatic nitrogens is 5. The fourth-order valence-electron chi connectivity index (χ4n) is 3.38. The first-order chi connectivity index (χ1) is 12.0. The topological polar surface area (TPSA) is 63.0 Å². The average molecular weight is 367 g/mol. The highest BCUT2D eigenvalue weighted by molar-refractivity contribution is 7.09. The molecule has 1 aliphatic rings. The molecule has 2 aromatic rings. The first kappa shape index (κ1) is 18.3. The molecular formula is C16H26FN7S. The molecular weight excluding hydrogens is 341 g/mol. The van der Waals surface area contributed by atoms with E-state index >= 15 is 0 Å². The molecule has 7 nitrogen and oxygen atoms in total. The van der Waals surface area contributed by atoms with Gasteiger partial charge in [0.2, 0.25) is 0 Å². The van der Waals surface area contributed by atoms with Gasteiger partial charge in [0.25, 0.3) is 0 Å². The van der Waals surface area contributed by atoms with Crippen LogP contribution >= 0.6 is 11.3 Å². The Bertz CT molecular complexity index is 673. The van der Waals surface area contributed by atoms with Crippen molar-refractivity contribution in [2.75, 3.05) is 20.1 Å². The van der Waals surface area contributed by atoms with E-state index in [1.54, 1.807) is 11.3 Å². The Morgan fingerprint density at radius 2 is 2.28 bits per heavy atom. The largest absolute Gasteiger partial charge is 0.297 e. The van der Waals surface area contributed by atoms with E-state index in [4.69, 9.17) is 0 Å². The van der Waals surface area contributed by atoms with Gasteiger partial charge in [0.15, 0.2) is 5.82 Å². The summed E-state index contributed by atoms with van der Waals surface area (Å²) < 4.78 is 15.9. The number of alkyl halides is 1. The second-order valence-corrected chi connectivity index (χ2v) is 7.85. The van der Waals surface area contributed by atoms with E-state index in [0.717, 1.165) is 42.6 Å². The van der Waals surface area contributed by atoms with Crippen molar-refractivity contribution in [3.8, 4) is 0 Å². The fourth-order valence-corrected chi connectivity index (χ4v) is 3.99. The Hall–Kier alpha value is -1.45. The van der Waals surface area contributed by atoms with Gasteiger partial charge in [-0.2, -0.15) is 0 Å². The molecule has 1 aliphatic heterocycles. The van der Waals surface area contributed by atoms with Crippen LogP contribution in [0.15, 0.2) is 5.38 Å². The predicted molar refractivity (Wildman–Crippen MR) is 95.0 cm³/mol. The lowest BCUT2D eigenvalue weighted by Gasteiger charge is -2.27. The fraction of sp³-hybridized carbons (Fsp3) is 0.750. The number of thiazole rings is 1.